The number of hydrogen-bond acceptors (Lipinski definition) is 5. The molecule has 1 amide bonds. The number of rotatable bonds is 7. The molecule has 0 radical (unpaired) electrons. The van der Waals surface area contributed by atoms with Crippen LogP contribution in [0.15, 0.2) is 59.7 Å². The predicted molar refractivity (Wildman–Crippen MR) is 109 cm³/mol. The van der Waals surface area contributed by atoms with Crippen LogP contribution in [0.25, 0.3) is 0 Å². The first-order valence-corrected chi connectivity index (χ1v) is 9.60. The molecule has 1 aliphatic heterocycles. The Hall–Kier alpha value is -3.21. The van der Waals surface area contributed by atoms with Crippen molar-refractivity contribution in [2.45, 2.75) is 13.0 Å². The molecule has 1 aliphatic rings. The summed E-state index contributed by atoms with van der Waals surface area (Å²) in [5.41, 5.74) is 5.13. The van der Waals surface area contributed by atoms with Crippen LogP contribution in [0.4, 0.5) is 0 Å². The van der Waals surface area contributed by atoms with Gasteiger partial charge in [0.2, 0.25) is 0 Å². The number of amides is 1. The molecule has 2 aromatic carbocycles. The summed E-state index contributed by atoms with van der Waals surface area (Å²) in [6.45, 7) is 5.00. The Morgan fingerprint density at radius 2 is 1.90 bits per heavy atom. The first-order chi connectivity index (χ1) is 14.2. The van der Waals surface area contributed by atoms with Gasteiger partial charge in [-0.05, 0) is 31.2 Å². The van der Waals surface area contributed by atoms with E-state index in [4.69, 9.17) is 14.7 Å². The van der Waals surface area contributed by atoms with Crippen molar-refractivity contribution in [2.24, 2.45) is 5.10 Å². The average molecular weight is 393 g/mol. The molecule has 0 aromatic heterocycles. The maximum atomic E-state index is 12.2. The molecule has 1 heterocycles. The lowest BCUT2D eigenvalue weighted by Crippen LogP contribution is -3.15. The van der Waals surface area contributed by atoms with Crippen molar-refractivity contribution in [1.29, 1.82) is 5.26 Å². The third kappa shape index (κ3) is 5.88. The Morgan fingerprint density at radius 1 is 1.21 bits per heavy atom. The molecule has 0 bridgehead atoms. The van der Waals surface area contributed by atoms with Gasteiger partial charge in [-0.15, -0.1) is 0 Å². The fourth-order valence-corrected chi connectivity index (χ4v) is 3.36. The van der Waals surface area contributed by atoms with Crippen LogP contribution in [0.3, 0.4) is 0 Å². The summed E-state index contributed by atoms with van der Waals surface area (Å²) in [6.07, 6.45) is 0. The number of hydrazone groups is 1. The molecule has 29 heavy (non-hydrogen) atoms. The first-order valence-electron chi connectivity index (χ1n) is 9.60. The van der Waals surface area contributed by atoms with Gasteiger partial charge in [-0.3, -0.25) is 4.79 Å². The molecule has 0 aliphatic carbocycles. The molecule has 3 rings (SSSR count). The van der Waals surface area contributed by atoms with E-state index in [1.54, 1.807) is 24.3 Å². The highest BCUT2D eigenvalue weighted by Crippen LogP contribution is 2.13. The molecule has 2 N–H and O–H groups in total. The maximum absolute atomic E-state index is 12.2. The lowest BCUT2D eigenvalue weighted by molar-refractivity contribution is -0.928. The van der Waals surface area contributed by atoms with E-state index in [0.717, 1.165) is 37.6 Å². The second-order valence-electron chi connectivity index (χ2n) is 6.83. The fourth-order valence-electron chi connectivity index (χ4n) is 3.36. The molecule has 0 unspecified atom stereocenters. The number of ether oxygens (including phenoxy) is 2. The number of hydrogen-bond donors (Lipinski definition) is 2. The Labute approximate surface area is 170 Å². The van der Waals surface area contributed by atoms with Crippen LogP contribution in [-0.2, 0) is 9.53 Å². The van der Waals surface area contributed by atoms with Gasteiger partial charge in [-0.25, -0.2) is 5.43 Å². The number of carbonyl (C=O) groups excluding carboxylic acids is 1. The Bertz CT molecular complexity index is 869. The molecule has 1 fully saturated rings. The first kappa shape index (κ1) is 20.5. The summed E-state index contributed by atoms with van der Waals surface area (Å²) in [7, 11) is 0. The van der Waals surface area contributed by atoms with Crippen LogP contribution in [-0.4, -0.2) is 44.5 Å². The summed E-state index contributed by atoms with van der Waals surface area (Å²) in [5.74, 6) is 0.192. The van der Waals surface area contributed by atoms with Crippen molar-refractivity contribution in [1.82, 2.24) is 5.43 Å². The zero-order valence-corrected chi connectivity index (χ0v) is 16.4. The van der Waals surface area contributed by atoms with Crippen molar-refractivity contribution in [2.75, 3.05) is 32.9 Å². The van der Waals surface area contributed by atoms with Crippen LogP contribution in [0, 0.1) is 11.3 Å². The zero-order valence-electron chi connectivity index (χ0n) is 16.4. The van der Waals surface area contributed by atoms with Gasteiger partial charge in [0.25, 0.3) is 5.91 Å². The standard InChI is InChI=1S/C22H24N4O3/c1-17(22(19-5-3-2-4-6-19)26-11-13-28-14-12-26)24-25-21(27)16-29-20-9-7-18(15-23)8-10-20/h2-10,22H,11-14,16H2,1H3,(H,25,27)/p+1/b24-17-/t22-/m1/s1. The molecule has 7 heteroatoms. The molecule has 2 aromatic rings. The van der Waals surface area contributed by atoms with Gasteiger partial charge in [0.15, 0.2) is 12.6 Å². The van der Waals surface area contributed by atoms with E-state index in [1.807, 2.05) is 31.2 Å². The summed E-state index contributed by atoms with van der Waals surface area (Å²) in [5, 5.41) is 13.2. The number of nitrogens with one attached hydrogen (secondary N) is 2. The normalized spacial score (nSPS) is 15.9. The number of benzene rings is 2. The molecule has 1 saturated heterocycles. The predicted octanol–water partition coefficient (Wildman–Crippen LogP) is 1.09. The van der Waals surface area contributed by atoms with Crippen LogP contribution in [0.1, 0.15) is 24.1 Å². The summed E-state index contributed by atoms with van der Waals surface area (Å²) < 4.78 is 10.9. The monoisotopic (exact) mass is 393 g/mol. The van der Waals surface area contributed by atoms with E-state index in [9.17, 15) is 4.79 Å². The molecular weight excluding hydrogens is 368 g/mol. The van der Waals surface area contributed by atoms with Gasteiger partial charge < -0.3 is 14.4 Å². The second kappa shape index (κ2) is 10.4. The topological polar surface area (TPSA) is 88.1 Å². The fraction of sp³-hybridized carbons (Fsp3) is 0.318. The lowest BCUT2D eigenvalue weighted by atomic mass is 10.0. The second-order valence-corrected chi connectivity index (χ2v) is 6.83. The minimum atomic E-state index is -0.336. The van der Waals surface area contributed by atoms with Crippen LogP contribution in [0.5, 0.6) is 5.75 Å². The highest BCUT2D eigenvalue weighted by molar-refractivity contribution is 5.88. The highest BCUT2D eigenvalue weighted by atomic mass is 16.5. The van der Waals surface area contributed by atoms with Crippen LogP contribution >= 0.6 is 0 Å². The summed E-state index contributed by atoms with van der Waals surface area (Å²) >= 11 is 0. The minimum Gasteiger partial charge on any atom is -0.484 e. The summed E-state index contributed by atoms with van der Waals surface area (Å²) in [4.78, 5) is 13.5. The van der Waals surface area contributed by atoms with E-state index < -0.39 is 0 Å². The third-order valence-electron chi connectivity index (χ3n) is 4.80. The molecule has 1 atom stereocenters. The van der Waals surface area contributed by atoms with Gasteiger partial charge in [-0.2, -0.15) is 10.4 Å². The molecule has 150 valence electrons. The zero-order chi connectivity index (χ0) is 20.5. The number of nitrogens with zero attached hydrogens (tertiary/aromatic N) is 2. The molecule has 0 saturated carbocycles. The summed E-state index contributed by atoms with van der Waals surface area (Å²) in [6, 6.07) is 18.9. The molecule has 0 spiro atoms. The smallest absolute Gasteiger partial charge is 0.277 e. The quantitative estimate of drug-likeness (QED) is 0.544. The Kier molecular flexibility index (Phi) is 7.34. The maximum Gasteiger partial charge on any atom is 0.277 e. The molecule has 7 nitrogen and oxygen atoms in total. The number of morpholine rings is 1. The van der Waals surface area contributed by atoms with E-state index in [0.29, 0.717) is 11.3 Å². The van der Waals surface area contributed by atoms with Gasteiger partial charge in [0.05, 0.1) is 30.6 Å². The van der Waals surface area contributed by atoms with Crippen LogP contribution < -0.4 is 15.1 Å². The van der Waals surface area contributed by atoms with Crippen molar-refractivity contribution in [3.8, 4) is 11.8 Å². The number of quaternary nitrogens is 1. The van der Waals surface area contributed by atoms with E-state index in [1.165, 1.54) is 4.90 Å². The minimum absolute atomic E-state index is 0.0554. The number of carbonyl (C=O) groups is 1. The Morgan fingerprint density at radius 3 is 2.55 bits per heavy atom. The Balaban J connectivity index is 1.61. The van der Waals surface area contributed by atoms with Crippen LogP contribution in [0.2, 0.25) is 0 Å². The third-order valence-corrected chi connectivity index (χ3v) is 4.80. The van der Waals surface area contributed by atoms with Crippen molar-refractivity contribution >= 4 is 11.6 Å². The average Bonchev–Trinajstić information content (AvgIpc) is 2.78. The largest absolute Gasteiger partial charge is 0.484 e. The number of nitriles is 1. The molecular formula is C22H25N4O3+. The SMILES string of the molecule is C/C(=N/NC(=O)COc1ccc(C#N)cc1)[C@H](c1ccccc1)[NH+]1CCOCC1. The van der Waals surface area contributed by atoms with Gasteiger partial charge in [0, 0.05) is 5.56 Å². The van der Waals surface area contributed by atoms with Gasteiger partial charge in [0.1, 0.15) is 18.8 Å². The van der Waals surface area contributed by atoms with Crippen molar-refractivity contribution in [3.05, 3.63) is 65.7 Å². The van der Waals surface area contributed by atoms with Crippen molar-refractivity contribution < 1.29 is 19.2 Å². The van der Waals surface area contributed by atoms with Gasteiger partial charge in [-0.1, -0.05) is 30.3 Å². The van der Waals surface area contributed by atoms with E-state index in [-0.39, 0.29) is 18.6 Å². The highest BCUT2D eigenvalue weighted by Gasteiger charge is 2.29. The lowest BCUT2D eigenvalue weighted by Gasteiger charge is -2.31. The van der Waals surface area contributed by atoms with E-state index in [2.05, 4.69) is 22.7 Å². The van der Waals surface area contributed by atoms with E-state index >= 15 is 0 Å². The van der Waals surface area contributed by atoms with Crippen molar-refractivity contribution in [3.63, 3.8) is 0 Å². The van der Waals surface area contributed by atoms with Gasteiger partial charge >= 0.3 is 0 Å².